The third-order valence-corrected chi connectivity index (χ3v) is 5.61. The van der Waals surface area contributed by atoms with E-state index in [-0.39, 0.29) is 38.5 Å². The van der Waals surface area contributed by atoms with Gasteiger partial charge in [-0.05, 0) is 24.3 Å². The molecule has 1 amide bonds. The van der Waals surface area contributed by atoms with E-state index in [1.54, 1.807) is 24.3 Å². The first-order valence-electron chi connectivity index (χ1n) is 10.0. The first-order chi connectivity index (χ1) is 15.6. The predicted molar refractivity (Wildman–Crippen MR) is 128 cm³/mol. The summed E-state index contributed by atoms with van der Waals surface area (Å²) >= 11 is 12.1. The molecule has 1 unspecified atom stereocenters. The van der Waals surface area contributed by atoms with Gasteiger partial charge in [-0.1, -0.05) is 43.1 Å². The number of nitrogens with zero attached hydrogens (tertiary/aromatic N) is 2. The van der Waals surface area contributed by atoms with Crippen LogP contribution in [-0.2, 0) is 9.53 Å². The van der Waals surface area contributed by atoms with E-state index in [1.165, 1.54) is 32.4 Å². The van der Waals surface area contributed by atoms with Crippen LogP contribution < -0.4 is 14.5 Å². The zero-order chi connectivity index (χ0) is 24.3. The molecule has 2 aromatic carbocycles. The van der Waals surface area contributed by atoms with Gasteiger partial charge in [-0.2, -0.15) is 4.48 Å². The van der Waals surface area contributed by atoms with Gasteiger partial charge < -0.3 is 19.9 Å². The highest BCUT2D eigenvalue weighted by molar-refractivity contribution is 6.36. The maximum absolute atomic E-state index is 13.0. The quantitative estimate of drug-likeness (QED) is 0.547. The van der Waals surface area contributed by atoms with Crippen LogP contribution in [0.1, 0.15) is 24.2 Å². The lowest BCUT2D eigenvalue weighted by atomic mass is 10.1. The number of ether oxygens (including phenoxy) is 2. The molecule has 2 aromatic rings. The third-order valence-electron chi connectivity index (χ3n) is 5.07. The first-order valence-corrected chi connectivity index (χ1v) is 10.8. The fraction of sp³-hybridized carbons (Fsp3) is 0.261. The smallest absolute Gasteiger partial charge is 0.411 e. The number of carbonyl (C=O) groups excluding carboxylic acids is 1. The lowest BCUT2D eigenvalue weighted by Gasteiger charge is -2.34. The molecule has 33 heavy (non-hydrogen) atoms. The highest BCUT2D eigenvalue weighted by atomic mass is 35.5. The van der Waals surface area contributed by atoms with Crippen molar-refractivity contribution in [3.8, 4) is 5.75 Å². The van der Waals surface area contributed by atoms with Gasteiger partial charge in [0, 0.05) is 23.1 Å². The Labute approximate surface area is 201 Å². The fourth-order valence-electron chi connectivity index (χ4n) is 3.82. The second-order valence-corrected chi connectivity index (χ2v) is 8.61. The van der Waals surface area contributed by atoms with E-state index in [2.05, 4.69) is 10.3 Å². The molecule has 0 radical (unpaired) electrons. The van der Waals surface area contributed by atoms with E-state index in [1.807, 2.05) is 13.8 Å². The summed E-state index contributed by atoms with van der Waals surface area (Å²) in [5, 5.41) is 13.4. The van der Waals surface area contributed by atoms with Crippen LogP contribution >= 0.6 is 23.2 Å². The predicted octanol–water partition coefficient (Wildman–Crippen LogP) is 4.67. The molecule has 2 N–H and O–H groups in total. The number of benzene rings is 2. The molecule has 1 heterocycles. The standard InChI is InChI=1S/C23H23Cl2N3O5/c1-13(2)12-28(15-6-5-7-16(11-15)32-3)19(22(30)31)20(27-23(28)33-4)26-21(29)17-9-8-14(24)10-18(17)25/h5-11,13H,12H2,1-4H3,(H-,26,29,30,31)/p+1. The Morgan fingerprint density at radius 2 is 1.85 bits per heavy atom. The number of methoxy groups -OCH3 is 2. The number of amidine groups is 1. The molecule has 1 atom stereocenters. The van der Waals surface area contributed by atoms with Crippen LogP contribution in [0.15, 0.2) is 59.0 Å². The van der Waals surface area contributed by atoms with Crippen molar-refractivity contribution in [3.05, 3.63) is 69.6 Å². The second kappa shape index (κ2) is 9.82. The van der Waals surface area contributed by atoms with E-state index in [0.717, 1.165) is 0 Å². The van der Waals surface area contributed by atoms with Crippen LogP contribution in [-0.4, -0.2) is 43.8 Å². The average molecular weight is 493 g/mol. The summed E-state index contributed by atoms with van der Waals surface area (Å²) in [7, 11) is 2.93. The number of carboxylic acid groups (broad SMARTS) is 1. The number of carbonyl (C=O) groups is 2. The lowest BCUT2D eigenvalue weighted by Crippen LogP contribution is -2.56. The Morgan fingerprint density at radius 3 is 2.42 bits per heavy atom. The molecule has 174 valence electrons. The van der Waals surface area contributed by atoms with Crippen molar-refractivity contribution in [2.75, 3.05) is 20.8 Å². The SMILES string of the molecule is COC1=NC(NC(=O)c2ccc(Cl)cc2Cl)=C(C(=O)O)[N+]1(CC(C)C)c1cccc(OC)c1. The van der Waals surface area contributed by atoms with E-state index in [9.17, 15) is 14.7 Å². The van der Waals surface area contributed by atoms with Gasteiger partial charge in [0.05, 0.1) is 31.4 Å². The average Bonchev–Trinajstić information content (AvgIpc) is 3.06. The summed E-state index contributed by atoms with van der Waals surface area (Å²) in [5.74, 6) is -1.45. The van der Waals surface area contributed by atoms with Gasteiger partial charge in [-0.3, -0.25) is 4.79 Å². The zero-order valence-corrected chi connectivity index (χ0v) is 20.1. The van der Waals surface area contributed by atoms with Crippen LogP contribution in [0.25, 0.3) is 0 Å². The topological polar surface area (TPSA) is 97.2 Å². The molecule has 8 nitrogen and oxygen atoms in total. The zero-order valence-electron chi connectivity index (χ0n) is 18.6. The Hall–Kier alpha value is -3.07. The minimum Gasteiger partial charge on any atom is -0.497 e. The lowest BCUT2D eigenvalue weighted by molar-refractivity contribution is -0.134. The highest BCUT2D eigenvalue weighted by Crippen LogP contribution is 2.39. The van der Waals surface area contributed by atoms with Crippen molar-refractivity contribution in [3.63, 3.8) is 0 Å². The van der Waals surface area contributed by atoms with Gasteiger partial charge in [-0.15, -0.1) is 4.99 Å². The Bertz CT molecular complexity index is 1160. The molecule has 0 fully saturated rings. The summed E-state index contributed by atoms with van der Waals surface area (Å²) < 4.78 is 10.6. The Kier molecular flexibility index (Phi) is 7.31. The minimum absolute atomic E-state index is 0.0339. The van der Waals surface area contributed by atoms with Crippen LogP contribution in [0.5, 0.6) is 5.75 Å². The van der Waals surface area contributed by atoms with Gasteiger partial charge in [0.25, 0.3) is 11.6 Å². The summed E-state index contributed by atoms with van der Waals surface area (Å²) in [6.45, 7) is 4.22. The number of hydrogen-bond donors (Lipinski definition) is 2. The van der Waals surface area contributed by atoms with E-state index in [0.29, 0.717) is 23.0 Å². The maximum Gasteiger partial charge on any atom is 0.411 e. The van der Waals surface area contributed by atoms with Gasteiger partial charge in [0.1, 0.15) is 5.75 Å². The molecular formula is C23H24Cl2N3O5+. The summed E-state index contributed by atoms with van der Waals surface area (Å²) in [6.07, 6.45) is 0. The van der Waals surface area contributed by atoms with E-state index < -0.39 is 11.9 Å². The van der Waals surface area contributed by atoms with Gasteiger partial charge >= 0.3 is 12.0 Å². The third kappa shape index (κ3) is 4.68. The molecule has 0 saturated carbocycles. The van der Waals surface area contributed by atoms with E-state index >= 15 is 0 Å². The number of nitrogens with one attached hydrogen (secondary N) is 1. The van der Waals surface area contributed by atoms with Gasteiger partial charge in [-0.25, -0.2) is 4.79 Å². The van der Waals surface area contributed by atoms with Crippen molar-refractivity contribution in [2.45, 2.75) is 13.8 Å². The van der Waals surface area contributed by atoms with Crippen molar-refractivity contribution >= 4 is 46.8 Å². The van der Waals surface area contributed by atoms with Crippen molar-refractivity contribution in [1.29, 1.82) is 0 Å². The van der Waals surface area contributed by atoms with E-state index in [4.69, 9.17) is 32.7 Å². The molecule has 3 rings (SSSR count). The number of halogens is 2. The molecular weight excluding hydrogens is 469 g/mol. The molecule has 0 spiro atoms. The van der Waals surface area contributed by atoms with Crippen molar-refractivity contribution in [1.82, 2.24) is 9.80 Å². The number of carboxylic acids is 1. The Morgan fingerprint density at radius 1 is 1.12 bits per heavy atom. The van der Waals surface area contributed by atoms with Crippen LogP contribution in [0.4, 0.5) is 5.69 Å². The van der Waals surface area contributed by atoms with Gasteiger partial charge in [0.15, 0.2) is 5.69 Å². The normalized spacial score (nSPS) is 17.7. The fourth-order valence-corrected chi connectivity index (χ4v) is 4.32. The minimum atomic E-state index is -1.26. The molecule has 0 aliphatic carbocycles. The largest absolute Gasteiger partial charge is 0.497 e. The second-order valence-electron chi connectivity index (χ2n) is 7.77. The monoisotopic (exact) mass is 492 g/mol. The van der Waals surface area contributed by atoms with Crippen LogP contribution in [0.3, 0.4) is 0 Å². The number of aliphatic carboxylic acids is 1. The number of quaternary nitrogens is 1. The molecule has 1 aliphatic rings. The number of rotatable bonds is 7. The van der Waals surface area contributed by atoms with Gasteiger partial charge in [0.2, 0.25) is 5.82 Å². The molecule has 0 saturated heterocycles. The maximum atomic E-state index is 13.0. The van der Waals surface area contributed by atoms with Crippen molar-refractivity contribution in [2.24, 2.45) is 10.9 Å². The summed E-state index contributed by atoms with van der Waals surface area (Å²) in [4.78, 5) is 29.9. The molecule has 10 heteroatoms. The highest BCUT2D eigenvalue weighted by Gasteiger charge is 2.54. The number of aliphatic imine (C=N–C) groups is 1. The number of hydrogen-bond acceptors (Lipinski definition) is 5. The molecule has 1 aliphatic heterocycles. The summed E-state index contributed by atoms with van der Waals surface area (Å²) in [6, 6.07) is 11.5. The first kappa shape index (κ1) is 24.6. The molecule has 0 bridgehead atoms. The van der Waals surface area contributed by atoms with Crippen LogP contribution in [0.2, 0.25) is 10.0 Å². The summed E-state index contributed by atoms with van der Waals surface area (Å²) in [5.41, 5.74) is 0.532. The Balaban J connectivity index is 2.20. The number of amides is 1. The van der Waals surface area contributed by atoms with Crippen LogP contribution in [0, 0.1) is 5.92 Å². The van der Waals surface area contributed by atoms with Crippen molar-refractivity contribution < 1.29 is 24.2 Å². The molecule has 0 aromatic heterocycles.